The van der Waals surface area contributed by atoms with Gasteiger partial charge in [-0.05, 0) is 62.2 Å². The van der Waals surface area contributed by atoms with Gasteiger partial charge in [0.2, 0.25) is 0 Å². The number of halogens is 1. The zero-order valence-electron chi connectivity index (χ0n) is 33.8. The highest BCUT2D eigenvalue weighted by Gasteiger charge is 2.23. The predicted molar refractivity (Wildman–Crippen MR) is 214 cm³/mol. The van der Waals surface area contributed by atoms with E-state index in [0.717, 1.165) is 50.9 Å². The molecule has 4 saturated carbocycles. The molecule has 4 aliphatic rings. The van der Waals surface area contributed by atoms with Crippen LogP contribution < -0.4 is 0 Å². The second-order valence-electron chi connectivity index (χ2n) is 15.8. The van der Waals surface area contributed by atoms with Crippen LogP contribution in [0, 0.1) is 23.7 Å². The Bertz CT molecular complexity index is 1110. The Morgan fingerprint density at radius 1 is 0.466 bits per heavy atom. The molecule has 9 N–H and O–H groups in total. The minimum atomic E-state index is -4.42. The zero-order valence-corrected chi connectivity index (χ0v) is 37.4. The van der Waals surface area contributed by atoms with Crippen LogP contribution in [0.1, 0.15) is 148 Å². The van der Waals surface area contributed by atoms with E-state index >= 15 is 0 Å². The highest BCUT2D eigenvalue weighted by molar-refractivity contribution is 7.47. The van der Waals surface area contributed by atoms with Crippen molar-refractivity contribution in [1.82, 2.24) is 0 Å². The van der Waals surface area contributed by atoms with E-state index < -0.39 is 43.6 Å². The summed E-state index contributed by atoms with van der Waals surface area (Å²) >= 11 is 0. The molecular weight excluding hydrogens is 851 g/mol. The molecule has 2 unspecified atom stereocenters. The highest BCUT2D eigenvalue weighted by atomic mass is 31.2. The number of aliphatic hydroxyl groups excluding tert-OH is 1. The van der Waals surface area contributed by atoms with Gasteiger partial charge in [-0.15, -0.1) is 0 Å². The van der Waals surface area contributed by atoms with Crippen molar-refractivity contribution in [2.24, 2.45) is 23.7 Å². The van der Waals surface area contributed by atoms with Crippen molar-refractivity contribution in [1.29, 1.82) is 0 Å². The van der Waals surface area contributed by atoms with Crippen LogP contribution in [0.5, 0.6) is 0 Å². The fourth-order valence-electron chi connectivity index (χ4n) is 7.74. The van der Waals surface area contributed by atoms with Crippen molar-refractivity contribution in [3.05, 3.63) is 0 Å². The fourth-order valence-corrected chi connectivity index (χ4v) is 9.11. The van der Waals surface area contributed by atoms with Gasteiger partial charge >= 0.3 is 31.3 Å². The average molecular weight is 925 g/mol. The molecule has 0 aliphatic heterocycles. The molecule has 0 radical (unpaired) electrons. The van der Waals surface area contributed by atoms with Crippen molar-refractivity contribution in [3.63, 3.8) is 0 Å². The number of unbranched alkanes of at least 4 members (excludes halogenated alkanes) is 1. The second kappa shape index (κ2) is 31.2. The number of hydrogen-bond acceptors (Lipinski definition) is 10. The molecule has 23 heteroatoms. The lowest BCUT2D eigenvalue weighted by atomic mass is 9.99. The summed E-state index contributed by atoms with van der Waals surface area (Å²) in [6.45, 7) is 0.774. The van der Waals surface area contributed by atoms with Crippen LogP contribution in [-0.4, -0.2) is 96.2 Å². The van der Waals surface area contributed by atoms with Gasteiger partial charge in [-0.3, -0.25) is 18.1 Å². The summed E-state index contributed by atoms with van der Waals surface area (Å²) in [6, 6.07) is 0. The lowest BCUT2D eigenvalue weighted by Gasteiger charge is -2.15. The molecule has 58 heavy (non-hydrogen) atoms. The number of rotatable bonds is 24. The Hall–Kier alpha value is 0.290. The van der Waals surface area contributed by atoms with E-state index in [1.54, 1.807) is 0 Å². The summed E-state index contributed by atoms with van der Waals surface area (Å²) in [6.07, 6.45) is 22.7. The molecule has 0 bridgehead atoms. The molecule has 0 heterocycles. The first-order chi connectivity index (χ1) is 27.1. The number of alkyl halides is 1. The summed E-state index contributed by atoms with van der Waals surface area (Å²) in [5, 5.41) is 9.57. The largest absolute Gasteiger partial charge is 0.469 e. The molecular formula is C35H73FO18P4. The van der Waals surface area contributed by atoms with Crippen molar-refractivity contribution in [3.8, 4) is 0 Å². The third kappa shape index (κ3) is 36.9. The fraction of sp³-hybridized carbons (Fsp3) is 1.00. The third-order valence-electron chi connectivity index (χ3n) is 10.6. The van der Waals surface area contributed by atoms with Gasteiger partial charge < -0.3 is 49.0 Å². The first kappa shape index (κ1) is 56.3. The standard InChI is InChI=1S/C9H18FO4P.C9H19O5P.C9H19O4P.C8H17O5P/c2*10-9(5-6-14-15(11,12)13)7-8-3-1-2-4-8;10-14(11,12)13-8-4-3-7-9-5-1-2-6-9;9-14(10,11)13-6-5-12-7-8-3-1-2-4-8/h8-9H,1-7H2,(H2,11,12,13);8-10H,1-7H2,(H2,11,12,13);9H,1-8H2,(H2,10,11,12);8H,1-7H2,(H2,9,10,11). The average Bonchev–Trinajstić information content (AvgIpc) is 3.93. The van der Waals surface area contributed by atoms with Gasteiger partial charge in [0, 0.05) is 13.0 Å². The van der Waals surface area contributed by atoms with Crippen LogP contribution in [0.2, 0.25) is 0 Å². The number of phosphoric ester groups is 4. The van der Waals surface area contributed by atoms with E-state index in [1.165, 1.54) is 83.5 Å². The molecule has 4 rings (SSSR count). The maximum Gasteiger partial charge on any atom is 0.469 e. The second-order valence-corrected chi connectivity index (χ2v) is 20.7. The van der Waals surface area contributed by atoms with Gasteiger partial charge in [-0.25, -0.2) is 22.7 Å². The van der Waals surface area contributed by atoms with Gasteiger partial charge in [-0.1, -0.05) is 103 Å². The Balaban J connectivity index is 0.000000387. The van der Waals surface area contributed by atoms with Crippen LogP contribution >= 0.6 is 31.3 Å². The maximum atomic E-state index is 13.3. The molecule has 18 nitrogen and oxygen atoms in total. The van der Waals surface area contributed by atoms with Gasteiger partial charge in [0.05, 0.1) is 39.1 Å². The molecule has 4 aliphatic carbocycles. The molecule has 0 aromatic heterocycles. The molecule has 0 saturated heterocycles. The van der Waals surface area contributed by atoms with Crippen molar-refractivity contribution >= 4 is 31.3 Å². The Labute approximate surface area is 343 Å². The van der Waals surface area contributed by atoms with Crippen LogP contribution in [0.15, 0.2) is 0 Å². The first-order valence-electron chi connectivity index (χ1n) is 20.8. The van der Waals surface area contributed by atoms with E-state index in [-0.39, 0.29) is 39.5 Å². The van der Waals surface area contributed by atoms with E-state index in [9.17, 15) is 27.8 Å². The molecule has 0 aromatic rings. The normalized spacial score (nSPS) is 19.9. The highest BCUT2D eigenvalue weighted by Crippen LogP contribution is 2.39. The van der Waals surface area contributed by atoms with Crippen molar-refractivity contribution in [2.45, 2.75) is 160 Å². The number of ether oxygens (including phenoxy) is 1. The maximum absolute atomic E-state index is 13.3. The topological polar surface area (TPSA) is 296 Å². The smallest absolute Gasteiger partial charge is 0.393 e. The first-order valence-corrected chi connectivity index (χ1v) is 26.9. The Morgan fingerprint density at radius 2 is 0.845 bits per heavy atom. The molecule has 0 amide bonds. The molecule has 0 spiro atoms. The zero-order chi connectivity index (χ0) is 43.5. The van der Waals surface area contributed by atoms with Gasteiger partial charge in [0.15, 0.2) is 0 Å². The summed E-state index contributed by atoms with van der Waals surface area (Å²) in [7, 11) is -17.3. The quantitative estimate of drug-likeness (QED) is 0.0333. The van der Waals surface area contributed by atoms with Gasteiger partial charge in [0.1, 0.15) is 6.17 Å². The number of phosphoric acid groups is 4. The molecule has 2 atom stereocenters. The van der Waals surface area contributed by atoms with Crippen LogP contribution in [-0.2, 0) is 41.1 Å². The van der Waals surface area contributed by atoms with E-state index in [4.69, 9.17) is 43.9 Å². The summed E-state index contributed by atoms with van der Waals surface area (Å²) in [4.78, 5) is 67.2. The van der Waals surface area contributed by atoms with E-state index in [0.29, 0.717) is 37.2 Å². The minimum Gasteiger partial charge on any atom is -0.393 e. The van der Waals surface area contributed by atoms with Gasteiger partial charge in [0.25, 0.3) is 0 Å². The number of aliphatic hydroxyl groups is 1. The van der Waals surface area contributed by atoms with Crippen LogP contribution in [0.4, 0.5) is 4.39 Å². The third-order valence-corrected chi connectivity index (χ3v) is 12.7. The lowest BCUT2D eigenvalue weighted by Crippen LogP contribution is -2.14. The van der Waals surface area contributed by atoms with Crippen molar-refractivity contribution in [2.75, 3.05) is 39.6 Å². The molecule has 348 valence electrons. The molecule has 0 aromatic carbocycles. The lowest BCUT2D eigenvalue weighted by molar-refractivity contribution is 0.0653. The summed E-state index contributed by atoms with van der Waals surface area (Å²) in [5.41, 5.74) is 0. The van der Waals surface area contributed by atoms with Gasteiger partial charge in [-0.2, -0.15) is 0 Å². The Morgan fingerprint density at radius 3 is 1.31 bits per heavy atom. The van der Waals surface area contributed by atoms with E-state index in [2.05, 4.69) is 18.1 Å². The van der Waals surface area contributed by atoms with E-state index in [1.807, 2.05) is 0 Å². The predicted octanol–water partition coefficient (Wildman–Crippen LogP) is 7.59. The van der Waals surface area contributed by atoms with Crippen molar-refractivity contribution < 1.29 is 89.7 Å². The SMILES string of the molecule is O=P(O)(O)OCCC(F)CC1CCCC1.O=P(O)(O)OCCC(O)CC1CCCC1.O=P(O)(O)OCCCCC1CCCC1.O=P(O)(O)OCCOCC1CCCC1. The number of hydrogen-bond donors (Lipinski definition) is 9. The molecule has 4 fully saturated rings. The van der Waals surface area contributed by atoms with Crippen LogP contribution in [0.25, 0.3) is 0 Å². The van der Waals surface area contributed by atoms with Crippen LogP contribution in [0.3, 0.4) is 0 Å². The minimum absolute atomic E-state index is 0.0446. The summed E-state index contributed by atoms with van der Waals surface area (Å²) < 4.78 is 76.8. The summed E-state index contributed by atoms with van der Waals surface area (Å²) in [5.74, 6) is 2.51. The monoisotopic (exact) mass is 924 g/mol. The Kier molecular flexibility index (Phi) is 30.3.